The van der Waals surface area contributed by atoms with E-state index in [-0.39, 0.29) is 5.91 Å². The summed E-state index contributed by atoms with van der Waals surface area (Å²) in [5.74, 6) is 2.09. The highest BCUT2D eigenvalue weighted by Crippen LogP contribution is 2.36. The molecule has 2 atom stereocenters. The fraction of sp³-hybridized carbons (Fsp3) is 0.538. The molecular weight excluding hydrogens is 214 g/mol. The maximum absolute atomic E-state index is 11.8. The third-order valence-corrected chi connectivity index (χ3v) is 3.14. The molecule has 2 N–H and O–H groups in total. The Bertz CT molecular complexity index is 405. The van der Waals surface area contributed by atoms with Gasteiger partial charge in [-0.15, -0.1) is 0 Å². The smallest absolute Gasteiger partial charge is 0.269 e. The van der Waals surface area contributed by atoms with Gasteiger partial charge in [0.1, 0.15) is 11.5 Å². The Kier molecular flexibility index (Phi) is 3.61. The van der Waals surface area contributed by atoms with Gasteiger partial charge in [0, 0.05) is 13.1 Å². The van der Waals surface area contributed by atoms with Crippen LogP contribution in [0.5, 0.6) is 0 Å². The van der Waals surface area contributed by atoms with Crippen LogP contribution < -0.4 is 10.6 Å². The Morgan fingerprint density at radius 1 is 1.53 bits per heavy atom. The maximum atomic E-state index is 11.8. The van der Waals surface area contributed by atoms with E-state index in [1.807, 2.05) is 19.1 Å². The molecular formula is C13H19N3O. The second-order valence-electron chi connectivity index (χ2n) is 4.62. The van der Waals surface area contributed by atoms with E-state index in [1.165, 1.54) is 6.42 Å². The molecule has 1 fully saturated rings. The molecule has 1 aliphatic carbocycles. The first-order valence-corrected chi connectivity index (χ1v) is 6.19. The normalized spacial score (nSPS) is 22.0. The van der Waals surface area contributed by atoms with Gasteiger partial charge >= 0.3 is 0 Å². The molecule has 0 radical (unpaired) electrons. The molecule has 1 aliphatic rings. The van der Waals surface area contributed by atoms with Gasteiger partial charge in [0.15, 0.2) is 0 Å². The fourth-order valence-corrected chi connectivity index (χ4v) is 1.84. The number of anilines is 1. The molecule has 1 heterocycles. The molecule has 0 saturated heterocycles. The molecule has 92 valence electrons. The van der Waals surface area contributed by atoms with Crippen LogP contribution in [0.15, 0.2) is 18.2 Å². The summed E-state index contributed by atoms with van der Waals surface area (Å²) < 4.78 is 0. The van der Waals surface area contributed by atoms with E-state index in [1.54, 1.807) is 6.07 Å². The Hall–Kier alpha value is -1.58. The number of hydrogen-bond donors (Lipinski definition) is 2. The highest BCUT2D eigenvalue weighted by atomic mass is 16.1. The number of carbonyl (C=O) groups excluding carboxylic acids is 1. The van der Waals surface area contributed by atoms with Gasteiger partial charge in [-0.2, -0.15) is 0 Å². The molecule has 17 heavy (non-hydrogen) atoms. The van der Waals surface area contributed by atoms with E-state index in [4.69, 9.17) is 0 Å². The second-order valence-corrected chi connectivity index (χ2v) is 4.62. The summed E-state index contributed by atoms with van der Waals surface area (Å²) in [7, 11) is 0. The van der Waals surface area contributed by atoms with E-state index >= 15 is 0 Å². The average Bonchev–Trinajstić information content (AvgIpc) is 3.03. The Morgan fingerprint density at radius 3 is 2.94 bits per heavy atom. The van der Waals surface area contributed by atoms with Crippen LogP contribution in [0.25, 0.3) is 0 Å². The summed E-state index contributed by atoms with van der Waals surface area (Å²) >= 11 is 0. The zero-order chi connectivity index (χ0) is 12.3. The van der Waals surface area contributed by atoms with Gasteiger partial charge < -0.3 is 10.6 Å². The molecule has 4 nitrogen and oxygen atoms in total. The molecule has 2 unspecified atom stereocenters. The zero-order valence-electron chi connectivity index (χ0n) is 10.4. The van der Waals surface area contributed by atoms with Crippen LogP contribution in [-0.2, 0) is 0 Å². The van der Waals surface area contributed by atoms with Gasteiger partial charge in [0.25, 0.3) is 5.91 Å². The standard InChI is InChI=1S/C13H19N3O/c1-3-14-12-6-4-5-11(16-12)13(17)15-8-10-7-9(10)2/h4-6,9-10H,3,7-8H2,1-2H3,(H,14,16)(H,15,17). The number of nitrogens with one attached hydrogen (secondary N) is 2. The maximum Gasteiger partial charge on any atom is 0.269 e. The second kappa shape index (κ2) is 5.17. The monoisotopic (exact) mass is 233 g/mol. The molecule has 0 aliphatic heterocycles. The summed E-state index contributed by atoms with van der Waals surface area (Å²) in [6.45, 7) is 5.79. The SMILES string of the molecule is CCNc1cccc(C(=O)NCC2CC2C)n1. The van der Waals surface area contributed by atoms with Crippen molar-refractivity contribution in [2.45, 2.75) is 20.3 Å². The topological polar surface area (TPSA) is 54.0 Å². The Morgan fingerprint density at radius 2 is 2.29 bits per heavy atom. The molecule has 1 saturated carbocycles. The largest absolute Gasteiger partial charge is 0.370 e. The number of pyridine rings is 1. The first-order chi connectivity index (χ1) is 8.20. The number of aromatic nitrogens is 1. The lowest BCUT2D eigenvalue weighted by Gasteiger charge is -2.06. The van der Waals surface area contributed by atoms with Gasteiger partial charge in [-0.25, -0.2) is 4.98 Å². The molecule has 1 amide bonds. The number of nitrogens with zero attached hydrogens (tertiary/aromatic N) is 1. The lowest BCUT2D eigenvalue weighted by atomic mass is 10.3. The van der Waals surface area contributed by atoms with Crippen LogP contribution >= 0.6 is 0 Å². The van der Waals surface area contributed by atoms with Crippen molar-refractivity contribution in [2.24, 2.45) is 11.8 Å². The lowest BCUT2D eigenvalue weighted by molar-refractivity contribution is 0.0946. The predicted octanol–water partition coefficient (Wildman–Crippen LogP) is 1.90. The molecule has 0 bridgehead atoms. The first-order valence-electron chi connectivity index (χ1n) is 6.19. The van der Waals surface area contributed by atoms with Gasteiger partial charge in [0.05, 0.1) is 0 Å². The van der Waals surface area contributed by atoms with E-state index < -0.39 is 0 Å². The van der Waals surface area contributed by atoms with E-state index in [2.05, 4.69) is 22.5 Å². The van der Waals surface area contributed by atoms with E-state index in [9.17, 15) is 4.79 Å². The summed E-state index contributed by atoms with van der Waals surface area (Å²) in [5, 5.41) is 6.03. The van der Waals surface area contributed by atoms with Gasteiger partial charge in [-0.3, -0.25) is 4.79 Å². The summed E-state index contributed by atoms with van der Waals surface area (Å²) in [6, 6.07) is 5.45. The van der Waals surface area contributed by atoms with E-state index in [0.29, 0.717) is 11.6 Å². The van der Waals surface area contributed by atoms with Crippen LogP contribution in [0, 0.1) is 11.8 Å². The quantitative estimate of drug-likeness (QED) is 0.816. The van der Waals surface area contributed by atoms with Crippen molar-refractivity contribution in [1.82, 2.24) is 10.3 Å². The van der Waals surface area contributed by atoms with Crippen molar-refractivity contribution in [3.8, 4) is 0 Å². The summed E-state index contributed by atoms with van der Waals surface area (Å²) in [4.78, 5) is 16.1. The van der Waals surface area contributed by atoms with Gasteiger partial charge in [-0.05, 0) is 37.3 Å². The van der Waals surface area contributed by atoms with Crippen LogP contribution in [-0.4, -0.2) is 24.0 Å². The molecule has 0 aromatic carbocycles. The first kappa shape index (κ1) is 11.9. The highest BCUT2D eigenvalue weighted by Gasteiger charge is 2.32. The minimum atomic E-state index is -0.0798. The number of amides is 1. The van der Waals surface area contributed by atoms with Crippen LogP contribution in [0.1, 0.15) is 30.8 Å². The number of rotatable bonds is 5. The van der Waals surface area contributed by atoms with Crippen molar-refractivity contribution in [3.63, 3.8) is 0 Å². The van der Waals surface area contributed by atoms with Gasteiger partial charge in [-0.1, -0.05) is 13.0 Å². The zero-order valence-corrected chi connectivity index (χ0v) is 10.4. The van der Waals surface area contributed by atoms with Crippen molar-refractivity contribution < 1.29 is 4.79 Å². The predicted molar refractivity (Wildman–Crippen MR) is 68.0 cm³/mol. The molecule has 1 aromatic rings. The minimum Gasteiger partial charge on any atom is -0.370 e. The van der Waals surface area contributed by atoms with Crippen molar-refractivity contribution in [1.29, 1.82) is 0 Å². The van der Waals surface area contributed by atoms with Gasteiger partial charge in [0.2, 0.25) is 0 Å². The van der Waals surface area contributed by atoms with Crippen LogP contribution in [0.3, 0.4) is 0 Å². The van der Waals surface area contributed by atoms with Crippen molar-refractivity contribution in [3.05, 3.63) is 23.9 Å². The van der Waals surface area contributed by atoms with Crippen LogP contribution in [0.4, 0.5) is 5.82 Å². The van der Waals surface area contributed by atoms with Crippen molar-refractivity contribution >= 4 is 11.7 Å². The highest BCUT2D eigenvalue weighted by molar-refractivity contribution is 5.92. The average molecular weight is 233 g/mol. The molecule has 2 rings (SSSR count). The fourth-order valence-electron chi connectivity index (χ4n) is 1.84. The third kappa shape index (κ3) is 3.19. The summed E-state index contributed by atoms with van der Waals surface area (Å²) in [5.41, 5.74) is 0.483. The number of hydrogen-bond acceptors (Lipinski definition) is 3. The Balaban J connectivity index is 1.91. The van der Waals surface area contributed by atoms with Crippen LogP contribution in [0.2, 0.25) is 0 Å². The van der Waals surface area contributed by atoms with E-state index in [0.717, 1.165) is 24.8 Å². The third-order valence-electron chi connectivity index (χ3n) is 3.14. The number of carbonyl (C=O) groups is 1. The minimum absolute atomic E-state index is 0.0798. The Labute approximate surface area is 102 Å². The molecule has 4 heteroatoms. The van der Waals surface area contributed by atoms with Crippen molar-refractivity contribution in [2.75, 3.05) is 18.4 Å². The summed E-state index contributed by atoms with van der Waals surface area (Å²) in [6.07, 6.45) is 1.23. The molecule has 1 aromatic heterocycles. The lowest BCUT2D eigenvalue weighted by Crippen LogP contribution is -2.26. The molecule has 0 spiro atoms.